The van der Waals surface area contributed by atoms with E-state index in [1.165, 1.54) is 17.4 Å². The number of sulfonamides is 1. The molecule has 30 heavy (non-hydrogen) atoms. The van der Waals surface area contributed by atoms with Gasteiger partial charge in [-0.1, -0.05) is 35.9 Å². The normalized spacial score (nSPS) is 16.7. The second-order valence-corrected chi connectivity index (χ2v) is 9.89. The van der Waals surface area contributed by atoms with Crippen LogP contribution in [0.3, 0.4) is 0 Å². The summed E-state index contributed by atoms with van der Waals surface area (Å²) in [6.07, 6.45) is 2.36. The van der Waals surface area contributed by atoms with Gasteiger partial charge in [0, 0.05) is 28.1 Å². The summed E-state index contributed by atoms with van der Waals surface area (Å²) in [5.74, 6) is -0.219. The molecule has 0 bridgehead atoms. The van der Waals surface area contributed by atoms with E-state index in [2.05, 4.69) is 20.0 Å². The highest BCUT2D eigenvalue weighted by atomic mass is 35.5. The quantitative estimate of drug-likeness (QED) is 0.608. The minimum Gasteiger partial charge on any atom is -0.300 e. The lowest BCUT2D eigenvalue weighted by Crippen LogP contribution is -2.28. The Kier molecular flexibility index (Phi) is 5.59. The van der Waals surface area contributed by atoms with Gasteiger partial charge < -0.3 is 5.32 Å². The van der Waals surface area contributed by atoms with Crippen molar-refractivity contribution < 1.29 is 13.2 Å². The van der Waals surface area contributed by atoms with Crippen LogP contribution in [-0.4, -0.2) is 31.2 Å². The number of carbonyl (C=O) groups is 1. The van der Waals surface area contributed by atoms with Gasteiger partial charge in [0.1, 0.15) is 11.9 Å². The molecule has 1 aliphatic heterocycles. The largest absolute Gasteiger partial charge is 0.300 e. The maximum atomic E-state index is 12.5. The Morgan fingerprint density at radius 1 is 1.27 bits per heavy atom. The number of nitrogens with zero attached hydrogens (tertiary/aromatic N) is 2. The molecule has 1 amide bonds. The lowest BCUT2D eigenvalue weighted by Gasteiger charge is -2.07. The summed E-state index contributed by atoms with van der Waals surface area (Å²) in [4.78, 5) is 22.2. The number of hydrogen-bond acceptors (Lipinski definition) is 6. The fourth-order valence-corrected chi connectivity index (χ4v) is 5.29. The lowest BCUT2D eigenvalue weighted by atomic mass is 10.1. The minimum absolute atomic E-state index is 0.155. The first-order valence-corrected chi connectivity index (χ1v) is 11.7. The molecule has 1 atom stereocenters. The van der Waals surface area contributed by atoms with Gasteiger partial charge in [0.25, 0.3) is 15.9 Å². The SMILES string of the molecule is C[C@H](N=C1NS(=O)(=O)c2ccccc21)C(=O)Nc1ncc(Cc2cccc(Cl)c2)s1. The van der Waals surface area contributed by atoms with Crippen LogP contribution >= 0.6 is 22.9 Å². The molecule has 4 rings (SSSR count). The van der Waals surface area contributed by atoms with E-state index in [1.54, 1.807) is 31.3 Å². The van der Waals surface area contributed by atoms with Crippen LogP contribution in [0.1, 0.15) is 22.9 Å². The molecule has 0 spiro atoms. The number of hydrogen-bond donors (Lipinski definition) is 2. The highest BCUT2D eigenvalue weighted by Crippen LogP contribution is 2.24. The molecule has 1 aromatic heterocycles. The summed E-state index contributed by atoms with van der Waals surface area (Å²) in [6.45, 7) is 1.60. The predicted octanol–water partition coefficient (Wildman–Crippen LogP) is 3.45. The number of fused-ring (bicyclic) bond motifs is 1. The van der Waals surface area contributed by atoms with Gasteiger partial charge in [-0.05, 0) is 36.8 Å². The number of nitrogens with one attached hydrogen (secondary N) is 2. The Morgan fingerprint density at radius 3 is 2.87 bits per heavy atom. The third kappa shape index (κ3) is 4.38. The third-order valence-electron chi connectivity index (χ3n) is 4.42. The van der Waals surface area contributed by atoms with Gasteiger partial charge in [-0.25, -0.2) is 13.4 Å². The number of carbonyl (C=O) groups excluding carboxylic acids is 1. The molecule has 2 aromatic carbocycles. The zero-order valence-electron chi connectivity index (χ0n) is 15.8. The zero-order chi connectivity index (χ0) is 21.3. The molecular weight excluding hydrogens is 444 g/mol. The number of anilines is 1. The van der Waals surface area contributed by atoms with E-state index in [0.717, 1.165) is 10.4 Å². The van der Waals surface area contributed by atoms with Crippen molar-refractivity contribution in [3.63, 3.8) is 0 Å². The fourth-order valence-electron chi connectivity index (χ4n) is 2.99. The van der Waals surface area contributed by atoms with Crippen molar-refractivity contribution in [2.45, 2.75) is 24.3 Å². The first-order chi connectivity index (χ1) is 14.3. The molecule has 0 unspecified atom stereocenters. The highest BCUT2D eigenvalue weighted by Gasteiger charge is 2.31. The smallest absolute Gasteiger partial charge is 0.263 e. The summed E-state index contributed by atoms with van der Waals surface area (Å²) in [5, 5.41) is 3.86. The van der Waals surface area contributed by atoms with Gasteiger partial charge in [-0.2, -0.15) is 0 Å². The van der Waals surface area contributed by atoms with Crippen LogP contribution in [-0.2, 0) is 21.2 Å². The van der Waals surface area contributed by atoms with E-state index < -0.39 is 16.1 Å². The average Bonchev–Trinajstić information content (AvgIpc) is 3.23. The Morgan fingerprint density at radius 2 is 2.07 bits per heavy atom. The summed E-state index contributed by atoms with van der Waals surface area (Å²) >= 11 is 7.38. The van der Waals surface area contributed by atoms with Crippen LogP contribution in [0, 0.1) is 0 Å². The van der Waals surface area contributed by atoms with Crippen molar-refractivity contribution in [3.05, 3.63) is 75.8 Å². The Labute approximate surface area is 182 Å². The van der Waals surface area contributed by atoms with Crippen molar-refractivity contribution in [1.29, 1.82) is 0 Å². The number of aromatic nitrogens is 1. The van der Waals surface area contributed by atoms with Crippen LogP contribution in [0.4, 0.5) is 5.13 Å². The van der Waals surface area contributed by atoms with E-state index in [-0.39, 0.29) is 16.6 Å². The van der Waals surface area contributed by atoms with Gasteiger partial charge in [-0.15, -0.1) is 11.3 Å². The predicted molar refractivity (Wildman–Crippen MR) is 118 cm³/mol. The molecule has 0 aliphatic carbocycles. The molecule has 7 nitrogen and oxygen atoms in total. The Hall–Kier alpha value is -2.75. The fraction of sp³-hybridized carbons (Fsp3) is 0.150. The molecule has 0 fully saturated rings. The second-order valence-electron chi connectivity index (χ2n) is 6.68. The summed E-state index contributed by atoms with van der Waals surface area (Å²) in [7, 11) is -3.65. The van der Waals surface area contributed by atoms with E-state index in [4.69, 9.17) is 11.6 Å². The maximum absolute atomic E-state index is 12.5. The van der Waals surface area contributed by atoms with E-state index >= 15 is 0 Å². The molecule has 0 saturated carbocycles. The number of amides is 1. The Bertz CT molecular complexity index is 1250. The number of halogens is 1. The van der Waals surface area contributed by atoms with Gasteiger partial charge in [0.15, 0.2) is 5.13 Å². The van der Waals surface area contributed by atoms with Gasteiger partial charge in [-0.3, -0.25) is 14.5 Å². The molecular formula is C20H17ClN4O3S2. The minimum atomic E-state index is -3.65. The van der Waals surface area contributed by atoms with Crippen LogP contribution < -0.4 is 10.0 Å². The molecule has 2 heterocycles. The van der Waals surface area contributed by atoms with Crippen molar-refractivity contribution >= 4 is 49.8 Å². The molecule has 154 valence electrons. The number of amidine groups is 1. The van der Waals surface area contributed by atoms with Crippen molar-refractivity contribution in [2.24, 2.45) is 4.99 Å². The molecule has 0 radical (unpaired) electrons. The zero-order valence-corrected chi connectivity index (χ0v) is 18.2. The first-order valence-electron chi connectivity index (χ1n) is 9.02. The summed E-state index contributed by atoms with van der Waals surface area (Å²) in [6, 6.07) is 13.3. The maximum Gasteiger partial charge on any atom is 0.263 e. The van der Waals surface area contributed by atoms with Crippen LogP contribution in [0.2, 0.25) is 5.02 Å². The number of thiazole rings is 1. The van der Waals surface area contributed by atoms with Crippen molar-refractivity contribution in [2.75, 3.05) is 5.32 Å². The topological polar surface area (TPSA) is 101 Å². The van der Waals surface area contributed by atoms with Crippen LogP contribution in [0.25, 0.3) is 0 Å². The number of rotatable bonds is 5. The molecule has 0 saturated heterocycles. The lowest BCUT2D eigenvalue weighted by molar-refractivity contribution is -0.117. The van der Waals surface area contributed by atoms with Crippen molar-refractivity contribution in [1.82, 2.24) is 9.71 Å². The third-order valence-corrected chi connectivity index (χ3v) is 6.96. The molecule has 2 N–H and O–H groups in total. The Balaban J connectivity index is 1.45. The molecule has 3 aromatic rings. The van der Waals surface area contributed by atoms with Crippen LogP contribution in [0.15, 0.2) is 64.6 Å². The van der Waals surface area contributed by atoms with Gasteiger partial charge in [0.05, 0.1) is 4.90 Å². The highest BCUT2D eigenvalue weighted by molar-refractivity contribution is 7.90. The molecule has 10 heteroatoms. The second kappa shape index (κ2) is 8.17. The van der Waals surface area contributed by atoms with E-state index in [1.807, 2.05) is 24.3 Å². The van der Waals surface area contributed by atoms with Crippen LogP contribution in [0.5, 0.6) is 0 Å². The summed E-state index contributed by atoms with van der Waals surface area (Å²) in [5.41, 5.74) is 1.51. The number of benzene rings is 2. The first kappa shape index (κ1) is 20.5. The monoisotopic (exact) mass is 460 g/mol. The van der Waals surface area contributed by atoms with E-state index in [9.17, 15) is 13.2 Å². The van der Waals surface area contributed by atoms with E-state index in [0.29, 0.717) is 22.1 Å². The van der Waals surface area contributed by atoms with Crippen molar-refractivity contribution in [3.8, 4) is 0 Å². The standard InChI is InChI=1S/C20H17ClN4O3S2/c1-12(23-18-16-7-2-3-8-17(16)30(27,28)25-18)19(26)24-20-22-11-15(29-20)10-13-5-4-6-14(21)9-13/h2-9,11-12H,10H2,1H3,(H,23,25)(H,22,24,26)/t12-/m0/s1. The molecule has 1 aliphatic rings. The average molecular weight is 461 g/mol. The number of aliphatic imine (C=N–C) groups is 1. The van der Waals surface area contributed by atoms with Gasteiger partial charge in [0.2, 0.25) is 0 Å². The van der Waals surface area contributed by atoms with Gasteiger partial charge >= 0.3 is 0 Å². The summed E-state index contributed by atoms with van der Waals surface area (Å²) < 4.78 is 26.7.